The van der Waals surface area contributed by atoms with Crippen molar-refractivity contribution in [3.05, 3.63) is 55.4 Å². The highest BCUT2D eigenvalue weighted by molar-refractivity contribution is 7.16. The number of nitrogens with one attached hydrogen (secondary N) is 1. The Morgan fingerprint density at radius 1 is 1.25 bits per heavy atom. The number of carbonyl (C=O) groups is 2. The molecule has 8 heteroatoms. The van der Waals surface area contributed by atoms with Gasteiger partial charge in [0.2, 0.25) is 0 Å². The van der Waals surface area contributed by atoms with Crippen LogP contribution in [0.2, 0.25) is 0 Å². The fourth-order valence-electron chi connectivity index (χ4n) is 2.19. The first-order valence-electron chi connectivity index (χ1n) is 7.01. The lowest BCUT2D eigenvalue weighted by molar-refractivity contribution is -0.385. The largest absolute Gasteiger partial charge is 0.465 e. The number of aryl methyl sites for hydroxylation is 2. The molecule has 0 radical (unpaired) electrons. The third kappa shape index (κ3) is 3.28. The molecule has 0 aliphatic rings. The number of ether oxygens (including phenoxy) is 1. The highest BCUT2D eigenvalue weighted by Gasteiger charge is 2.23. The molecule has 1 aromatic heterocycles. The Hall–Kier alpha value is -2.74. The van der Waals surface area contributed by atoms with E-state index in [4.69, 9.17) is 4.74 Å². The molecular weight excluding hydrogens is 332 g/mol. The third-order valence-electron chi connectivity index (χ3n) is 3.67. The minimum atomic E-state index is -0.540. The predicted molar refractivity (Wildman–Crippen MR) is 90.9 cm³/mol. The number of esters is 1. The van der Waals surface area contributed by atoms with Crippen LogP contribution in [0.25, 0.3) is 0 Å². The Labute approximate surface area is 142 Å². The number of nitro groups is 1. The Balaban J connectivity index is 2.37. The number of benzene rings is 1. The summed E-state index contributed by atoms with van der Waals surface area (Å²) in [6, 6.07) is 4.23. The minimum absolute atomic E-state index is 0.130. The second kappa shape index (κ2) is 6.79. The summed E-state index contributed by atoms with van der Waals surface area (Å²) in [5.41, 5.74) is 1.52. The third-order valence-corrected chi connectivity index (χ3v) is 4.79. The maximum absolute atomic E-state index is 12.4. The van der Waals surface area contributed by atoms with Crippen molar-refractivity contribution in [2.75, 3.05) is 12.4 Å². The molecule has 2 rings (SSSR count). The predicted octanol–water partition coefficient (Wildman–Crippen LogP) is 3.62. The molecule has 126 valence electrons. The van der Waals surface area contributed by atoms with Gasteiger partial charge in [0.25, 0.3) is 11.6 Å². The second-order valence-electron chi connectivity index (χ2n) is 5.19. The van der Waals surface area contributed by atoms with E-state index in [1.807, 2.05) is 6.92 Å². The van der Waals surface area contributed by atoms with Gasteiger partial charge in [-0.3, -0.25) is 14.9 Å². The molecule has 0 aliphatic carbocycles. The summed E-state index contributed by atoms with van der Waals surface area (Å²) in [7, 11) is 1.27. The number of hydrogen-bond acceptors (Lipinski definition) is 6. The van der Waals surface area contributed by atoms with Gasteiger partial charge in [-0.25, -0.2) is 4.79 Å². The zero-order chi connectivity index (χ0) is 18.0. The molecule has 0 atom stereocenters. The molecular formula is C16H16N2O5S. The van der Waals surface area contributed by atoms with Crippen molar-refractivity contribution in [1.29, 1.82) is 0 Å². The maximum atomic E-state index is 12.4. The average Bonchev–Trinajstić information content (AvgIpc) is 2.81. The molecule has 1 heterocycles. The van der Waals surface area contributed by atoms with Crippen LogP contribution in [0.5, 0.6) is 0 Å². The Kier molecular flexibility index (Phi) is 4.99. The number of amides is 1. The number of anilines is 1. The first kappa shape index (κ1) is 17.6. The monoisotopic (exact) mass is 348 g/mol. The van der Waals surface area contributed by atoms with Gasteiger partial charge in [-0.05, 0) is 32.4 Å². The van der Waals surface area contributed by atoms with E-state index in [-0.39, 0.29) is 11.3 Å². The minimum Gasteiger partial charge on any atom is -0.465 e. The van der Waals surface area contributed by atoms with Crippen LogP contribution in [0, 0.1) is 30.9 Å². The number of nitro benzene ring substituents is 1. The fraction of sp³-hybridized carbons (Fsp3) is 0.250. The first-order chi connectivity index (χ1) is 11.3. The molecule has 0 fully saturated rings. The lowest BCUT2D eigenvalue weighted by Crippen LogP contribution is -2.14. The van der Waals surface area contributed by atoms with Crippen molar-refractivity contribution >= 4 is 33.9 Å². The van der Waals surface area contributed by atoms with E-state index in [0.29, 0.717) is 16.1 Å². The number of hydrogen-bond donors (Lipinski definition) is 1. The molecule has 24 heavy (non-hydrogen) atoms. The van der Waals surface area contributed by atoms with Crippen LogP contribution in [0.3, 0.4) is 0 Å². The van der Waals surface area contributed by atoms with Gasteiger partial charge < -0.3 is 10.1 Å². The number of rotatable bonds is 4. The van der Waals surface area contributed by atoms with E-state index in [1.165, 1.54) is 36.6 Å². The van der Waals surface area contributed by atoms with Gasteiger partial charge in [0.05, 0.1) is 17.6 Å². The normalized spacial score (nSPS) is 10.3. The van der Waals surface area contributed by atoms with Crippen LogP contribution in [-0.2, 0) is 4.74 Å². The topological polar surface area (TPSA) is 98.5 Å². The molecule has 1 amide bonds. The lowest BCUT2D eigenvalue weighted by atomic mass is 10.1. The summed E-state index contributed by atoms with van der Waals surface area (Å²) in [5, 5.41) is 14.0. The molecule has 0 saturated carbocycles. The standard InChI is InChI=1S/C16H16N2O5S/c1-8-5-6-11(7-12(8)18(21)22)14(19)17-15-13(16(20)23-4)9(2)10(3)24-15/h5-7H,1-4H3,(H,17,19). The van der Waals surface area contributed by atoms with Crippen molar-refractivity contribution in [1.82, 2.24) is 0 Å². The highest BCUT2D eigenvalue weighted by atomic mass is 32.1. The van der Waals surface area contributed by atoms with Crippen molar-refractivity contribution in [2.24, 2.45) is 0 Å². The maximum Gasteiger partial charge on any atom is 0.341 e. The molecule has 1 N–H and O–H groups in total. The average molecular weight is 348 g/mol. The summed E-state index contributed by atoms with van der Waals surface area (Å²) < 4.78 is 4.75. The van der Waals surface area contributed by atoms with Crippen LogP contribution in [0.4, 0.5) is 10.7 Å². The number of thiophene rings is 1. The van der Waals surface area contributed by atoms with E-state index in [0.717, 1.165) is 10.4 Å². The summed E-state index contributed by atoms with van der Waals surface area (Å²) in [5.74, 6) is -1.06. The molecule has 0 spiro atoms. The molecule has 0 unspecified atom stereocenters. The highest BCUT2D eigenvalue weighted by Crippen LogP contribution is 2.33. The Morgan fingerprint density at radius 3 is 2.50 bits per heavy atom. The van der Waals surface area contributed by atoms with Crippen LogP contribution in [-0.4, -0.2) is 23.9 Å². The summed E-state index contributed by atoms with van der Waals surface area (Å²) in [6.07, 6.45) is 0. The molecule has 7 nitrogen and oxygen atoms in total. The van der Waals surface area contributed by atoms with Crippen LogP contribution >= 0.6 is 11.3 Å². The summed E-state index contributed by atoms with van der Waals surface area (Å²) >= 11 is 1.25. The van der Waals surface area contributed by atoms with E-state index in [9.17, 15) is 19.7 Å². The van der Waals surface area contributed by atoms with E-state index >= 15 is 0 Å². The first-order valence-corrected chi connectivity index (χ1v) is 7.82. The molecule has 0 saturated heterocycles. The zero-order valence-electron chi connectivity index (χ0n) is 13.6. The van der Waals surface area contributed by atoms with E-state index in [1.54, 1.807) is 13.8 Å². The van der Waals surface area contributed by atoms with Crippen molar-refractivity contribution in [3.8, 4) is 0 Å². The SMILES string of the molecule is COC(=O)c1c(NC(=O)c2ccc(C)c([N+](=O)[O-])c2)sc(C)c1C. The summed E-state index contributed by atoms with van der Waals surface area (Å²) in [6.45, 7) is 5.20. The van der Waals surface area contributed by atoms with Crippen LogP contribution < -0.4 is 5.32 Å². The van der Waals surface area contributed by atoms with Gasteiger partial charge in [0.15, 0.2) is 0 Å². The quantitative estimate of drug-likeness (QED) is 0.517. The lowest BCUT2D eigenvalue weighted by Gasteiger charge is -2.07. The van der Waals surface area contributed by atoms with Crippen LogP contribution in [0.15, 0.2) is 18.2 Å². The van der Waals surface area contributed by atoms with Crippen molar-refractivity contribution in [3.63, 3.8) is 0 Å². The Morgan fingerprint density at radius 2 is 1.92 bits per heavy atom. The fourth-order valence-corrected chi connectivity index (χ4v) is 3.23. The van der Waals surface area contributed by atoms with E-state index < -0.39 is 16.8 Å². The van der Waals surface area contributed by atoms with Crippen LogP contribution in [0.1, 0.15) is 36.7 Å². The number of methoxy groups -OCH3 is 1. The molecule has 0 aliphatic heterocycles. The number of nitrogens with zero attached hydrogens (tertiary/aromatic N) is 1. The molecule has 0 bridgehead atoms. The smallest absolute Gasteiger partial charge is 0.341 e. The van der Waals surface area contributed by atoms with Crippen molar-refractivity contribution < 1.29 is 19.2 Å². The van der Waals surface area contributed by atoms with E-state index in [2.05, 4.69) is 5.32 Å². The van der Waals surface area contributed by atoms with Gasteiger partial charge in [-0.2, -0.15) is 0 Å². The molecule has 2 aromatic rings. The zero-order valence-corrected chi connectivity index (χ0v) is 14.4. The van der Waals surface area contributed by atoms with Gasteiger partial charge in [0, 0.05) is 22.1 Å². The van der Waals surface area contributed by atoms with Gasteiger partial charge in [-0.15, -0.1) is 11.3 Å². The van der Waals surface area contributed by atoms with Gasteiger partial charge >= 0.3 is 5.97 Å². The number of carbonyl (C=O) groups excluding carboxylic acids is 2. The van der Waals surface area contributed by atoms with Gasteiger partial charge in [0.1, 0.15) is 5.00 Å². The summed E-state index contributed by atoms with van der Waals surface area (Å²) in [4.78, 5) is 35.7. The Bertz CT molecular complexity index is 841. The molecule has 1 aromatic carbocycles. The second-order valence-corrected chi connectivity index (χ2v) is 6.42. The van der Waals surface area contributed by atoms with Crippen molar-refractivity contribution in [2.45, 2.75) is 20.8 Å². The van der Waals surface area contributed by atoms with Gasteiger partial charge in [-0.1, -0.05) is 6.07 Å².